The largest absolute Gasteiger partial charge is 0.483 e. The lowest BCUT2D eigenvalue weighted by molar-refractivity contribution is -0.143. The molecule has 9 heteroatoms. The van der Waals surface area contributed by atoms with E-state index in [0.717, 1.165) is 5.56 Å². The summed E-state index contributed by atoms with van der Waals surface area (Å²) < 4.78 is 6.42. The molecule has 190 valence electrons. The molecule has 3 aromatic rings. The fourth-order valence-corrected chi connectivity index (χ4v) is 4.85. The SMILES string of the molecule is CC(C)NC(=O)[C@H](Cc1ccccc1)N(Cc1ccc(Cl)cc1Cl)C(=O)COc1ccc(Cl)cc1Br. The van der Waals surface area contributed by atoms with E-state index < -0.39 is 6.04 Å². The van der Waals surface area contributed by atoms with Crippen LogP contribution in [0.25, 0.3) is 0 Å². The predicted octanol–water partition coefficient (Wildman–Crippen LogP) is 6.95. The van der Waals surface area contributed by atoms with Crippen LogP contribution >= 0.6 is 50.7 Å². The van der Waals surface area contributed by atoms with Crippen LogP contribution in [-0.4, -0.2) is 35.4 Å². The number of hydrogen-bond acceptors (Lipinski definition) is 3. The van der Waals surface area contributed by atoms with Gasteiger partial charge in [-0.3, -0.25) is 9.59 Å². The second kappa shape index (κ2) is 13.3. The van der Waals surface area contributed by atoms with E-state index in [1.54, 1.807) is 36.4 Å². The number of rotatable bonds is 10. The van der Waals surface area contributed by atoms with Crippen LogP contribution in [0, 0.1) is 0 Å². The summed E-state index contributed by atoms with van der Waals surface area (Å²) in [6.45, 7) is 3.57. The Bertz CT molecular complexity index is 1210. The minimum atomic E-state index is -0.800. The molecule has 36 heavy (non-hydrogen) atoms. The van der Waals surface area contributed by atoms with E-state index in [0.29, 0.717) is 37.3 Å². The quantitative estimate of drug-likeness (QED) is 0.270. The summed E-state index contributed by atoms with van der Waals surface area (Å²) >= 11 is 21.9. The molecule has 0 fully saturated rings. The van der Waals surface area contributed by atoms with E-state index in [9.17, 15) is 9.59 Å². The molecule has 0 bridgehead atoms. The minimum absolute atomic E-state index is 0.100. The Hall–Kier alpha value is -2.25. The molecule has 0 aromatic heterocycles. The van der Waals surface area contributed by atoms with Crippen LogP contribution in [0.15, 0.2) is 71.2 Å². The molecular formula is C27H26BrCl3N2O3. The lowest BCUT2D eigenvalue weighted by Crippen LogP contribution is -2.52. The van der Waals surface area contributed by atoms with Crippen LogP contribution in [0.5, 0.6) is 5.75 Å². The van der Waals surface area contributed by atoms with Crippen molar-refractivity contribution >= 4 is 62.5 Å². The average Bonchev–Trinajstić information content (AvgIpc) is 2.82. The van der Waals surface area contributed by atoms with Crippen molar-refractivity contribution in [2.75, 3.05) is 6.61 Å². The number of carbonyl (C=O) groups is 2. The Morgan fingerprint density at radius 3 is 2.28 bits per heavy atom. The molecule has 0 spiro atoms. The maximum Gasteiger partial charge on any atom is 0.261 e. The molecule has 0 aliphatic rings. The summed E-state index contributed by atoms with van der Waals surface area (Å²) in [4.78, 5) is 28.5. The smallest absolute Gasteiger partial charge is 0.261 e. The van der Waals surface area contributed by atoms with Gasteiger partial charge in [0.05, 0.1) is 4.47 Å². The van der Waals surface area contributed by atoms with Gasteiger partial charge in [0.25, 0.3) is 5.91 Å². The maximum atomic E-state index is 13.6. The summed E-state index contributed by atoms with van der Waals surface area (Å²) in [7, 11) is 0. The van der Waals surface area contributed by atoms with Gasteiger partial charge >= 0.3 is 0 Å². The first-order valence-electron chi connectivity index (χ1n) is 11.3. The molecule has 0 aliphatic carbocycles. The molecule has 0 saturated heterocycles. The predicted molar refractivity (Wildman–Crippen MR) is 149 cm³/mol. The zero-order chi connectivity index (χ0) is 26.2. The standard InChI is InChI=1S/C27H26BrCl3N2O3/c1-17(2)32-27(35)24(12-18-6-4-3-5-7-18)33(15-19-8-9-21(30)14-23(19)31)26(34)16-36-25-11-10-20(29)13-22(25)28/h3-11,13-14,17,24H,12,15-16H2,1-2H3,(H,32,35)/t24-/m0/s1. The van der Waals surface area contributed by atoms with Gasteiger partial charge in [-0.15, -0.1) is 0 Å². The van der Waals surface area contributed by atoms with Gasteiger partial charge in [-0.2, -0.15) is 0 Å². The molecule has 1 N–H and O–H groups in total. The lowest BCUT2D eigenvalue weighted by atomic mass is 10.0. The Kier molecular flexibility index (Phi) is 10.5. The summed E-state index contributed by atoms with van der Waals surface area (Å²) in [5.74, 6) is -0.175. The summed E-state index contributed by atoms with van der Waals surface area (Å²) in [6, 6.07) is 18.7. The molecular weight excluding hydrogens is 587 g/mol. The normalized spacial score (nSPS) is 11.8. The maximum absolute atomic E-state index is 13.6. The fraction of sp³-hybridized carbons (Fsp3) is 0.259. The third-order valence-electron chi connectivity index (χ3n) is 5.30. The van der Waals surface area contributed by atoms with Gasteiger partial charge in [0, 0.05) is 34.1 Å². The molecule has 0 unspecified atom stereocenters. The van der Waals surface area contributed by atoms with Gasteiger partial charge in [-0.25, -0.2) is 0 Å². The molecule has 1 atom stereocenters. The highest BCUT2D eigenvalue weighted by atomic mass is 79.9. The van der Waals surface area contributed by atoms with E-state index in [2.05, 4.69) is 21.2 Å². The highest BCUT2D eigenvalue weighted by Crippen LogP contribution is 2.28. The Morgan fingerprint density at radius 1 is 0.972 bits per heavy atom. The van der Waals surface area contributed by atoms with Crippen molar-refractivity contribution in [3.63, 3.8) is 0 Å². The number of halogens is 4. The van der Waals surface area contributed by atoms with Crippen molar-refractivity contribution in [3.05, 3.63) is 97.4 Å². The van der Waals surface area contributed by atoms with E-state index >= 15 is 0 Å². The average molecular weight is 613 g/mol. The van der Waals surface area contributed by atoms with Gasteiger partial charge < -0.3 is 15.0 Å². The molecule has 0 heterocycles. The zero-order valence-electron chi connectivity index (χ0n) is 19.8. The molecule has 0 saturated carbocycles. The van der Waals surface area contributed by atoms with Crippen molar-refractivity contribution in [2.24, 2.45) is 0 Å². The monoisotopic (exact) mass is 610 g/mol. The zero-order valence-corrected chi connectivity index (χ0v) is 23.7. The van der Waals surface area contributed by atoms with Gasteiger partial charge in [-0.1, -0.05) is 71.2 Å². The third kappa shape index (κ3) is 8.13. The number of nitrogens with one attached hydrogen (secondary N) is 1. The van der Waals surface area contributed by atoms with Crippen LogP contribution in [0.4, 0.5) is 0 Å². The Balaban J connectivity index is 1.95. The first kappa shape index (κ1) is 28.3. The molecule has 2 amide bonds. The van der Waals surface area contributed by atoms with Crippen molar-refractivity contribution in [1.82, 2.24) is 10.2 Å². The number of hydrogen-bond donors (Lipinski definition) is 1. The second-order valence-corrected chi connectivity index (χ2v) is 10.6. The van der Waals surface area contributed by atoms with Crippen LogP contribution in [0.3, 0.4) is 0 Å². The van der Waals surface area contributed by atoms with Crippen LogP contribution in [-0.2, 0) is 22.6 Å². The number of benzene rings is 3. The van der Waals surface area contributed by atoms with Gasteiger partial charge in [0.2, 0.25) is 5.91 Å². The fourth-order valence-electron chi connectivity index (χ4n) is 3.58. The summed E-state index contributed by atoms with van der Waals surface area (Å²) in [6.07, 6.45) is 0.320. The summed E-state index contributed by atoms with van der Waals surface area (Å²) in [5, 5.41) is 4.37. The van der Waals surface area contributed by atoms with Crippen molar-refractivity contribution < 1.29 is 14.3 Å². The number of ether oxygens (including phenoxy) is 1. The molecule has 3 aromatic carbocycles. The Morgan fingerprint density at radius 2 is 1.64 bits per heavy atom. The number of nitrogens with zero attached hydrogens (tertiary/aromatic N) is 1. The highest BCUT2D eigenvalue weighted by Gasteiger charge is 2.31. The lowest BCUT2D eigenvalue weighted by Gasteiger charge is -2.32. The van der Waals surface area contributed by atoms with Crippen LogP contribution < -0.4 is 10.1 Å². The van der Waals surface area contributed by atoms with Gasteiger partial charge in [0.15, 0.2) is 6.61 Å². The number of carbonyl (C=O) groups excluding carboxylic acids is 2. The molecule has 0 aliphatic heterocycles. The van der Waals surface area contributed by atoms with Crippen LogP contribution in [0.1, 0.15) is 25.0 Å². The topological polar surface area (TPSA) is 58.6 Å². The molecule has 5 nitrogen and oxygen atoms in total. The van der Waals surface area contributed by atoms with Crippen molar-refractivity contribution in [1.29, 1.82) is 0 Å². The van der Waals surface area contributed by atoms with E-state index in [-0.39, 0.29) is 31.0 Å². The van der Waals surface area contributed by atoms with Gasteiger partial charge in [-0.05, 0) is 71.2 Å². The minimum Gasteiger partial charge on any atom is -0.483 e. The van der Waals surface area contributed by atoms with Crippen LogP contribution in [0.2, 0.25) is 15.1 Å². The summed E-state index contributed by atoms with van der Waals surface area (Å²) in [5.41, 5.74) is 1.58. The first-order chi connectivity index (χ1) is 17.1. The third-order valence-corrected chi connectivity index (χ3v) is 6.74. The highest BCUT2D eigenvalue weighted by molar-refractivity contribution is 9.10. The van der Waals surface area contributed by atoms with Crippen molar-refractivity contribution in [3.8, 4) is 5.75 Å². The van der Waals surface area contributed by atoms with Crippen molar-refractivity contribution in [2.45, 2.75) is 38.9 Å². The van der Waals surface area contributed by atoms with E-state index in [4.69, 9.17) is 39.5 Å². The second-order valence-electron chi connectivity index (χ2n) is 8.49. The number of amides is 2. The molecule has 0 radical (unpaired) electrons. The first-order valence-corrected chi connectivity index (χ1v) is 13.2. The Labute approximate surface area is 234 Å². The molecule has 3 rings (SSSR count). The van der Waals surface area contributed by atoms with Gasteiger partial charge in [0.1, 0.15) is 11.8 Å². The van der Waals surface area contributed by atoms with E-state index in [1.807, 2.05) is 44.2 Å². The van der Waals surface area contributed by atoms with E-state index in [1.165, 1.54) is 4.90 Å².